The first-order chi connectivity index (χ1) is 8.56. The fourth-order valence-corrected chi connectivity index (χ4v) is 1.41. The van der Waals surface area contributed by atoms with Gasteiger partial charge in [-0.15, -0.1) is 0 Å². The van der Waals surface area contributed by atoms with Crippen LogP contribution in [0.15, 0.2) is 0 Å². The van der Waals surface area contributed by atoms with Gasteiger partial charge in [0.2, 0.25) is 0 Å². The normalized spacial score (nSPS) is 11.9. The van der Waals surface area contributed by atoms with Crippen LogP contribution >= 0.6 is 0 Å². The van der Waals surface area contributed by atoms with Gasteiger partial charge in [0.05, 0.1) is 6.61 Å². The smallest absolute Gasteiger partial charge is 0.326 e. The van der Waals surface area contributed by atoms with E-state index >= 15 is 0 Å². The molecule has 0 aliphatic carbocycles. The lowest BCUT2D eigenvalue weighted by Crippen LogP contribution is -2.49. The zero-order valence-corrected chi connectivity index (χ0v) is 10.6. The Balaban J connectivity index is 4.40. The Bertz CT molecular complexity index is 260. The molecule has 0 heterocycles. The molecule has 106 valence electrons. The van der Waals surface area contributed by atoms with Crippen molar-refractivity contribution in [1.82, 2.24) is 10.2 Å². The van der Waals surface area contributed by atoms with Crippen LogP contribution in [0.5, 0.6) is 0 Å². The fraction of sp³-hybridized carbons (Fsp3) is 0.818. The van der Waals surface area contributed by atoms with E-state index in [1.807, 2.05) is 6.92 Å². The number of hydrogen-bond acceptors (Lipinski definition) is 4. The maximum absolute atomic E-state index is 11.8. The molecule has 0 saturated carbocycles. The van der Waals surface area contributed by atoms with Gasteiger partial charge in [0.25, 0.3) is 0 Å². The SMILES string of the molecule is CCCCN(CCO)C(=O)NC(CCO)C(=O)O. The van der Waals surface area contributed by atoms with E-state index in [0.29, 0.717) is 6.54 Å². The van der Waals surface area contributed by atoms with Gasteiger partial charge in [0.15, 0.2) is 0 Å². The van der Waals surface area contributed by atoms with Crippen LogP contribution in [-0.4, -0.2) is 64.6 Å². The Hall–Kier alpha value is -1.34. The third-order valence-corrected chi connectivity index (χ3v) is 2.45. The number of nitrogens with zero attached hydrogens (tertiary/aromatic N) is 1. The number of rotatable bonds is 9. The summed E-state index contributed by atoms with van der Waals surface area (Å²) < 4.78 is 0. The van der Waals surface area contributed by atoms with Gasteiger partial charge < -0.3 is 25.5 Å². The molecule has 0 aliphatic heterocycles. The van der Waals surface area contributed by atoms with Gasteiger partial charge in [0.1, 0.15) is 6.04 Å². The van der Waals surface area contributed by atoms with Crippen LogP contribution in [-0.2, 0) is 4.79 Å². The predicted molar refractivity (Wildman–Crippen MR) is 65.2 cm³/mol. The van der Waals surface area contributed by atoms with Crippen molar-refractivity contribution in [2.75, 3.05) is 26.3 Å². The number of urea groups is 1. The fourth-order valence-electron chi connectivity index (χ4n) is 1.41. The van der Waals surface area contributed by atoms with Gasteiger partial charge in [-0.1, -0.05) is 13.3 Å². The summed E-state index contributed by atoms with van der Waals surface area (Å²) in [5, 5.41) is 28.7. The number of amides is 2. The highest BCUT2D eigenvalue weighted by Gasteiger charge is 2.22. The maximum atomic E-state index is 11.8. The quantitative estimate of drug-likeness (QED) is 0.453. The van der Waals surface area contributed by atoms with Crippen molar-refractivity contribution in [1.29, 1.82) is 0 Å². The van der Waals surface area contributed by atoms with Crippen LogP contribution in [0.1, 0.15) is 26.2 Å². The first kappa shape index (κ1) is 16.7. The molecule has 18 heavy (non-hydrogen) atoms. The van der Waals surface area contributed by atoms with Crippen molar-refractivity contribution < 1.29 is 24.9 Å². The summed E-state index contributed by atoms with van der Waals surface area (Å²) in [4.78, 5) is 24.0. The monoisotopic (exact) mass is 262 g/mol. The first-order valence-electron chi connectivity index (χ1n) is 6.06. The van der Waals surface area contributed by atoms with E-state index in [2.05, 4.69) is 5.32 Å². The summed E-state index contributed by atoms with van der Waals surface area (Å²) in [6.07, 6.45) is 1.64. The van der Waals surface area contributed by atoms with E-state index in [-0.39, 0.29) is 26.2 Å². The van der Waals surface area contributed by atoms with E-state index in [0.717, 1.165) is 12.8 Å². The first-order valence-corrected chi connectivity index (χ1v) is 6.06. The highest BCUT2D eigenvalue weighted by Crippen LogP contribution is 1.99. The van der Waals surface area contributed by atoms with Crippen molar-refractivity contribution in [2.45, 2.75) is 32.2 Å². The average molecular weight is 262 g/mol. The van der Waals surface area contributed by atoms with Crippen LogP contribution in [0.4, 0.5) is 4.79 Å². The van der Waals surface area contributed by atoms with E-state index in [1.54, 1.807) is 0 Å². The Labute approximate surface area is 106 Å². The number of nitrogens with one attached hydrogen (secondary N) is 1. The third kappa shape index (κ3) is 6.41. The predicted octanol–water partition coefficient (Wildman–Crippen LogP) is -0.374. The largest absolute Gasteiger partial charge is 0.480 e. The second-order valence-electron chi connectivity index (χ2n) is 3.92. The highest BCUT2D eigenvalue weighted by molar-refractivity contribution is 5.82. The van der Waals surface area contributed by atoms with Gasteiger partial charge in [-0.3, -0.25) is 0 Å². The van der Waals surface area contributed by atoms with Crippen molar-refractivity contribution in [3.05, 3.63) is 0 Å². The summed E-state index contributed by atoms with van der Waals surface area (Å²) >= 11 is 0. The van der Waals surface area contributed by atoms with Crippen LogP contribution < -0.4 is 5.32 Å². The molecular formula is C11H22N2O5. The molecule has 0 spiro atoms. The molecule has 0 rings (SSSR count). The van der Waals surface area contributed by atoms with Crippen molar-refractivity contribution in [3.8, 4) is 0 Å². The summed E-state index contributed by atoms with van der Waals surface area (Å²) in [6, 6.07) is -1.64. The zero-order valence-electron chi connectivity index (χ0n) is 10.6. The summed E-state index contributed by atoms with van der Waals surface area (Å²) in [6.45, 7) is 2.12. The molecule has 7 heteroatoms. The minimum atomic E-state index is -1.18. The number of carbonyl (C=O) groups is 2. The van der Waals surface area contributed by atoms with Crippen molar-refractivity contribution in [3.63, 3.8) is 0 Å². The minimum Gasteiger partial charge on any atom is -0.480 e. The number of aliphatic hydroxyl groups is 2. The summed E-state index contributed by atoms with van der Waals surface area (Å²) in [7, 11) is 0. The van der Waals surface area contributed by atoms with Gasteiger partial charge in [-0.05, 0) is 6.42 Å². The van der Waals surface area contributed by atoms with Crippen molar-refractivity contribution >= 4 is 12.0 Å². The highest BCUT2D eigenvalue weighted by atomic mass is 16.4. The lowest BCUT2D eigenvalue weighted by molar-refractivity contribution is -0.139. The molecule has 0 saturated heterocycles. The van der Waals surface area contributed by atoms with Crippen LogP contribution in [0.3, 0.4) is 0 Å². The van der Waals surface area contributed by atoms with Gasteiger partial charge in [0, 0.05) is 26.1 Å². The lowest BCUT2D eigenvalue weighted by atomic mass is 10.2. The van der Waals surface area contributed by atoms with Crippen LogP contribution in [0.2, 0.25) is 0 Å². The average Bonchev–Trinajstić information content (AvgIpc) is 2.33. The number of carboxylic acids is 1. The zero-order chi connectivity index (χ0) is 14.0. The Morgan fingerprint density at radius 1 is 1.22 bits per heavy atom. The summed E-state index contributed by atoms with van der Waals surface area (Å²) in [5.74, 6) is -1.18. The number of carboxylic acid groups (broad SMARTS) is 1. The molecule has 2 amide bonds. The Morgan fingerprint density at radius 3 is 2.33 bits per heavy atom. The van der Waals surface area contributed by atoms with Crippen LogP contribution in [0, 0.1) is 0 Å². The summed E-state index contributed by atoms with van der Waals surface area (Å²) in [5.41, 5.74) is 0. The standard InChI is InChI=1S/C11H22N2O5/c1-2-3-5-13(6-8-15)11(18)12-9(4-7-14)10(16)17/h9,14-15H,2-8H2,1H3,(H,12,18)(H,16,17). The molecule has 0 bridgehead atoms. The van der Waals surface area contributed by atoms with E-state index in [4.69, 9.17) is 15.3 Å². The number of hydrogen-bond donors (Lipinski definition) is 4. The second-order valence-corrected chi connectivity index (χ2v) is 3.92. The van der Waals surface area contributed by atoms with Gasteiger partial charge >= 0.3 is 12.0 Å². The maximum Gasteiger partial charge on any atom is 0.326 e. The Morgan fingerprint density at radius 2 is 1.89 bits per heavy atom. The second kappa shape index (κ2) is 9.67. The van der Waals surface area contributed by atoms with Gasteiger partial charge in [-0.25, -0.2) is 9.59 Å². The molecule has 0 fully saturated rings. The molecule has 0 aliphatic rings. The number of unbranched alkanes of at least 4 members (excludes halogenated alkanes) is 1. The van der Waals surface area contributed by atoms with Crippen molar-refractivity contribution in [2.24, 2.45) is 0 Å². The van der Waals surface area contributed by atoms with E-state index in [9.17, 15) is 9.59 Å². The molecule has 7 nitrogen and oxygen atoms in total. The molecule has 1 atom stereocenters. The topological polar surface area (TPSA) is 110 Å². The van der Waals surface area contributed by atoms with Gasteiger partial charge in [-0.2, -0.15) is 0 Å². The van der Waals surface area contributed by atoms with Crippen LogP contribution in [0.25, 0.3) is 0 Å². The third-order valence-electron chi connectivity index (χ3n) is 2.45. The van der Waals surface area contributed by atoms with E-state index in [1.165, 1.54) is 4.90 Å². The molecule has 4 N–H and O–H groups in total. The molecule has 0 aromatic carbocycles. The molecule has 0 aromatic heterocycles. The van der Waals surface area contributed by atoms with E-state index < -0.39 is 18.0 Å². The molecule has 1 unspecified atom stereocenters. The molecular weight excluding hydrogens is 240 g/mol. The minimum absolute atomic E-state index is 0.0399. The Kier molecular flexibility index (Phi) is 8.95. The molecule has 0 aromatic rings. The number of aliphatic carboxylic acids is 1. The number of carbonyl (C=O) groups excluding carboxylic acids is 1. The molecule has 0 radical (unpaired) electrons. The number of aliphatic hydroxyl groups excluding tert-OH is 2. The lowest BCUT2D eigenvalue weighted by Gasteiger charge is -2.24.